The summed E-state index contributed by atoms with van der Waals surface area (Å²) >= 11 is 0. The Balaban J connectivity index is 1.35. The van der Waals surface area contributed by atoms with E-state index in [1.54, 1.807) is 37.6 Å². The molecule has 170 valence electrons. The van der Waals surface area contributed by atoms with Gasteiger partial charge in [-0.25, -0.2) is 4.98 Å². The molecule has 1 aromatic carbocycles. The van der Waals surface area contributed by atoms with E-state index in [4.69, 9.17) is 14.2 Å². The second-order valence-electron chi connectivity index (χ2n) is 7.83. The molecule has 0 radical (unpaired) electrons. The van der Waals surface area contributed by atoms with Crippen LogP contribution in [0.25, 0.3) is 11.5 Å². The molecule has 10 nitrogen and oxygen atoms in total. The van der Waals surface area contributed by atoms with E-state index >= 15 is 0 Å². The minimum atomic E-state index is 0.461. The number of hydrogen-bond acceptors (Lipinski definition) is 9. The van der Waals surface area contributed by atoms with Gasteiger partial charge in [0.25, 0.3) is 0 Å². The molecule has 10 heteroatoms. The number of hydrogen-bond donors (Lipinski definition) is 0. The Morgan fingerprint density at radius 3 is 2.88 bits per heavy atom. The van der Waals surface area contributed by atoms with Crippen molar-refractivity contribution in [3.63, 3.8) is 0 Å². The molecule has 1 atom stereocenters. The van der Waals surface area contributed by atoms with Crippen LogP contribution in [0.15, 0.2) is 36.8 Å². The highest BCUT2D eigenvalue weighted by Gasteiger charge is 2.22. The minimum absolute atomic E-state index is 0.461. The van der Waals surface area contributed by atoms with Crippen LogP contribution in [0, 0.1) is 5.92 Å². The van der Waals surface area contributed by atoms with Crippen molar-refractivity contribution >= 4 is 0 Å². The normalized spacial score (nSPS) is 16.8. The van der Waals surface area contributed by atoms with Crippen molar-refractivity contribution in [3.05, 3.63) is 42.4 Å². The summed E-state index contributed by atoms with van der Waals surface area (Å²) in [4.78, 5) is 12.4. The second kappa shape index (κ2) is 11.0. The van der Waals surface area contributed by atoms with E-state index in [-0.39, 0.29) is 0 Å². The molecule has 1 fully saturated rings. The molecule has 1 aliphatic rings. The third-order valence-electron chi connectivity index (χ3n) is 5.45. The molecule has 1 aliphatic heterocycles. The molecule has 3 aromatic rings. The highest BCUT2D eigenvalue weighted by Crippen LogP contribution is 2.29. The van der Waals surface area contributed by atoms with Crippen molar-refractivity contribution < 1.29 is 14.2 Å². The number of nitrogens with zero attached hydrogens (tertiary/aromatic N) is 7. The summed E-state index contributed by atoms with van der Waals surface area (Å²) in [5.74, 6) is 2.45. The molecule has 32 heavy (non-hydrogen) atoms. The van der Waals surface area contributed by atoms with E-state index < -0.39 is 0 Å². The summed E-state index contributed by atoms with van der Waals surface area (Å²) < 4.78 is 16.3. The van der Waals surface area contributed by atoms with E-state index in [0.29, 0.717) is 30.7 Å². The lowest BCUT2D eigenvalue weighted by atomic mass is 9.97. The van der Waals surface area contributed by atoms with E-state index in [0.717, 1.165) is 50.5 Å². The number of rotatable bonds is 10. The van der Waals surface area contributed by atoms with Crippen LogP contribution in [-0.4, -0.2) is 75.6 Å². The molecule has 0 unspecified atom stereocenters. The predicted octanol–water partition coefficient (Wildman–Crippen LogP) is 2.08. The van der Waals surface area contributed by atoms with E-state index in [2.05, 4.69) is 42.4 Å². The molecular weight excluding hydrogens is 410 g/mol. The fourth-order valence-electron chi connectivity index (χ4n) is 3.94. The molecule has 0 amide bonds. The maximum absolute atomic E-state index is 5.83. The van der Waals surface area contributed by atoms with Crippen molar-refractivity contribution in [2.24, 2.45) is 5.92 Å². The van der Waals surface area contributed by atoms with Crippen LogP contribution < -0.4 is 9.47 Å². The predicted molar refractivity (Wildman–Crippen MR) is 117 cm³/mol. The van der Waals surface area contributed by atoms with Gasteiger partial charge >= 0.3 is 0 Å². The number of likely N-dealkylation sites (tertiary alicyclic amines) is 1. The fourth-order valence-corrected chi connectivity index (χ4v) is 3.94. The Morgan fingerprint density at radius 1 is 1.12 bits per heavy atom. The molecule has 0 bridgehead atoms. The van der Waals surface area contributed by atoms with Crippen LogP contribution in [0.2, 0.25) is 0 Å². The first-order valence-electron chi connectivity index (χ1n) is 10.8. The Hall–Kier alpha value is -3.11. The second-order valence-corrected chi connectivity index (χ2v) is 7.83. The van der Waals surface area contributed by atoms with Gasteiger partial charge < -0.3 is 14.2 Å². The monoisotopic (exact) mass is 439 g/mol. The topological polar surface area (TPSA) is 100 Å². The van der Waals surface area contributed by atoms with Gasteiger partial charge in [0.1, 0.15) is 12.3 Å². The van der Waals surface area contributed by atoms with Crippen LogP contribution >= 0.6 is 0 Å². The third kappa shape index (κ3) is 5.77. The highest BCUT2D eigenvalue weighted by molar-refractivity contribution is 5.44. The van der Waals surface area contributed by atoms with Gasteiger partial charge in [-0.15, -0.1) is 10.2 Å². The molecule has 0 aliphatic carbocycles. The van der Waals surface area contributed by atoms with Gasteiger partial charge in [0.2, 0.25) is 5.82 Å². The quantitative estimate of drug-likeness (QED) is 0.440. The average molecular weight is 440 g/mol. The molecule has 3 heterocycles. The van der Waals surface area contributed by atoms with E-state index in [9.17, 15) is 0 Å². The lowest BCUT2D eigenvalue weighted by Gasteiger charge is -2.32. The van der Waals surface area contributed by atoms with Gasteiger partial charge in [0, 0.05) is 32.6 Å². The number of ether oxygens (including phenoxy) is 3. The Morgan fingerprint density at radius 2 is 2.06 bits per heavy atom. The zero-order valence-corrected chi connectivity index (χ0v) is 18.6. The number of methoxy groups -OCH3 is 2. The highest BCUT2D eigenvalue weighted by atomic mass is 16.5. The SMILES string of the molecule is COCCOc1cc(CN2CCC[C@@H](Cn3nnc(-c4cnccn4)n3)C2)ccc1OC. The number of piperidine rings is 1. The molecule has 1 saturated heterocycles. The largest absolute Gasteiger partial charge is 0.493 e. The van der Waals surface area contributed by atoms with Crippen molar-refractivity contribution in [2.45, 2.75) is 25.9 Å². The first-order chi connectivity index (χ1) is 15.7. The van der Waals surface area contributed by atoms with Crippen LogP contribution in [0.5, 0.6) is 11.5 Å². The maximum Gasteiger partial charge on any atom is 0.224 e. The molecule has 2 aromatic heterocycles. The standard InChI is InChI=1S/C22H29N7O3/c1-30-10-11-32-21-12-17(5-6-20(21)31-2)14-28-9-3-4-18(15-28)16-29-26-22(25-27-29)19-13-23-7-8-24-19/h5-8,12-13,18H,3-4,9-11,14-16H2,1-2H3/t18-/m1/s1. The summed E-state index contributed by atoms with van der Waals surface area (Å²) in [5, 5.41) is 12.8. The Bertz CT molecular complexity index is 983. The zero-order valence-electron chi connectivity index (χ0n) is 18.6. The summed E-state index contributed by atoms with van der Waals surface area (Å²) in [7, 11) is 3.32. The van der Waals surface area contributed by atoms with Gasteiger partial charge in [0.15, 0.2) is 11.5 Å². The molecule has 4 rings (SSSR count). The Labute approximate surface area is 187 Å². The first kappa shape index (κ1) is 22.1. The van der Waals surface area contributed by atoms with E-state index in [1.807, 2.05) is 6.07 Å². The zero-order chi connectivity index (χ0) is 22.2. The summed E-state index contributed by atoms with van der Waals surface area (Å²) in [6.07, 6.45) is 7.19. The molecular formula is C22H29N7O3. The molecule has 0 saturated carbocycles. The van der Waals surface area contributed by atoms with Crippen LogP contribution in [0.4, 0.5) is 0 Å². The average Bonchev–Trinajstić information content (AvgIpc) is 3.29. The van der Waals surface area contributed by atoms with Gasteiger partial charge in [-0.3, -0.25) is 9.88 Å². The van der Waals surface area contributed by atoms with E-state index in [1.165, 1.54) is 5.56 Å². The summed E-state index contributed by atoms with van der Waals surface area (Å²) in [6, 6.07) is 6.12. The molecule has 0 spiro atoms. The van der Waals surface area contributed by atoms with Gasteiger partial charge in [0.05, 0.1) is 26.5 Å². The van der Waals surface area contributed by atoms with Crippen LogP contribution in [-0.2, 0) is 17.8 Å². The lowest BCUT2D eigenvalue weighted by Crippen LogP contribution is -2.36. The summed E-state index contributed by atoms with van der Waals surface area (Å²) in [6.45, 7) is 4.67. The van der Waals surface area contributed by atoms with Gasteiger partial charge in [-0.1, -0.05) is 6.07 Å². The third-order valence-corrected chi connectivity index (χ3v) is 5.45. The van der Waals surface area contributed by atoms with Gasteiger partial charge in [-0.2, -0.15) is 4.80 Å². The summed E-state index contributed by atoms with van der Waals surface area (Å²) in [5.41, 5.74) is 1.83. The number of tetrazole rings is 1. The van der Waals surface area contributed by atoms with Crippen molar-refractivity contribution in [3.8, 4) is 23.0 Å². The fraction of sp³-hybridized carbons (Fsp3) is 0.500. The first-order valence-corrected chi connectivity index (χ1v) is 10.8. The minimum Gasteiger partial charge on any atom is -0.493 e. The van der Waals surface area contributed by atoms with Gasteiger partial charge in [-0.05, 0) is 48.2 Å². The van der Waals surface area contributed by atoms with Crippen molar-refractivity contribution in [1.82, 2.24) is 35.1 Å². The van der Waals surface area contributed by atoms with Crippen molar-refractivity contribution in [2.75, 3.05) is 40.5 Å². The number of aromatic nitrogens is 6. The number of benzene rings is 1. The van der Waals surface area contributed by atoms with Crippen LogP contribution in [0.3, 0.4) is 0 Å². The van der Waals surface area contributed by atoms with Crippen LogP contribution in [0.1, 0.15) is 18.4 Å². The maximum atomic E-state index is 5.83. The molecule has 0 N–H and O–H groups in total. The smallest absolute Gasteiger partial charge is 0.224 e. The lowest BCUT2D eigenvalue weighted by molar-refractivity contribution is 0.142. The Kier molecular flexibility index (Phi) is 7.57. The van der Waals surface area contributed by atoms with Crippen molar-refractivity contribution in [1.29, 1.82) is 0 Å².